The number of thiophene rings is 1. The first kappa shape index (κ1) is 17.2. The summed E-state index contributed by atoms with van der Waals surface area (Å²) in [6, 6.07) is 11.9. The molecule has 7 heteroatoms. The molecule has 0 spiro atoms. The van der Waals surface area contributed by atoms with Gasteiger partial charge in [0.05, 0.1) is 16.3 Å². The minimum absolute atomic E-state index is 0.175. The van der Waals surface area contributed by atoms with Crippen molar-refractivity contribution in [1.29, 1.82) is 0 Å². The van der Waals surface area contributed by atoms with Crippen molar-refractivity contribution in [2.24, 2.45) is 11.7 Å². The highest BCUT2D eigenvalue weighted by Gasteiger charge is 2.24. The Labute approximate surface area is 160 Å². The number of rotatable bonds is 5. The van der Waals surface area contributed by atoms with Gasteiger partial charge in [-0.15, -0.1) is 22.7 Å². The van der Waals surface area contributed by atoms with Gasteiger partial charge in [0, 0.05) is 18.5 Å². The van der Waals surface area contributed by atoms with E-state index in [0.717, 1.165) is 40.8 Å². The molecule has 3 heterocycles. The molecule has 1 saturated heterocycles. The van der Waals surface area contributed by atoms with E-state index in [-0.39, 0.29) is 5.91 Å². The summed E-state index contributed by atoms with van der Waals surface area (Å²) in [7, 11) is 0. The van der Waals surface area contributed by atoms with Gasteiger partial charge in [-0.05, 0) is 42.5 Å². The number of nitrogens with two attached hydrogens (primary N) is 1. The lowest BCUT2D eigenvalue weighted by atomic mass is 10.1. The fourth-order valence-electron chi connectivity index (χ4n) is 3.18. The van der Waals surface area contributed by atoms with Crippen LogP contribution in [0.4, 0.5) is 11.4 Å². The highest BCUT2D eigenvalue weighted by Crippen LogP contribution is 2.31. The fourth-order valence-corrected chi connectivity index (χ4v) is 4.79. The van der Waals surface area contributed by atoms with E-state index in [2.05, 4.69) is 15.2 Å². The number of nitrogens with one attached hydrogen (secondary N) is 1. The second-order valence-corrected chi connectivity index (χ2v) is 8.13. The standard InChI is InChI=1S/C19H20N4OS2/c20-10-13-7-8-23(11-13)16-5-2-1-4-14(16)21-18(24)15-12-26-19(22-15)17-6-3-9-25-17/h1-6,9,12-13H,7-8,10-11,20H2,(H,21,24). The number of hydrogen-bond acceptors (Lipinski definition) is 6. The molecule has 0 saturated carbocycles. The lowest BCUT2D eigenvalue weighted by Gasteiger charge is -2.22. The molecule has 0 bridgehead atoms. The predicted octanol–water partition coefficient (Wildman–Crippen LogP) is 3.91. The van der Waals surface area contributed by atoms with E-state index in [1.807, 2.05) is 47.2 Å². The number of para-hydroxylation sites is 2. The number of carbonyl (C=O) groups excluding carboxylic acids is 1. The molecule has 26 heavy (non-hydrogen) atoms. The predicted molar refractivity (Wildman–Crippen MR) is 109 cm³/mol. The van der Waals surface area contributed by atoms with Gasteiger partial charge in [0.25, 0.3) is 5.91 Å². The number of aromatic nitrogens is 1. The fraction of sp³-hybridized carbons (Fsp3) is 0.263. The average Bonchev–Trinajstić information content (AvgIpc) is 3.42. The van der Waals surface area contributed by atoms with Gasteiger partial charge in [0.2, 0.25) is 0 Å². The van der Waals surface area contributed by atoms with Crippen molar-refractivity contribution in [2.45, 2.75) is 6.42 Å². The summed E-state index contributed by atoms with van der Waals surface area (Å²) in [6.45, 7) is 2.60. The molecule has 2 aromatic heterocycles. The Bertz CT molecular complexity index is 891. The largest absolute Gasteiger partial charge is 0.370 e. The monoisotopic (exact) mass is 384 g/mol. The molecule has 1 aliphatic heterocycles. The Morgan fingerprint density at radius 1 is 1.27 bits per heavy atom. The van der Waals surface area contributed by atoms with E-state index in [1.165, 1.54) is 11.3 Å². The van der Waals surface area contributed by atoms with E-state index in [0.29, 0.717) is 18.2 Å². The zero-order valence-electron chi connectivity index (χ0n) is 14.2. The van der Waals surface area contributed by atoms with E-state index in [9.17, 15) is 4.79 Å². The molecule has 1 amide bonds. The van der Waals surface area contributed by atoms with Gasteiger partial charge in [0.1, 0.15) is 10.7 Å². The minimum atomic E-state index is -0.175. The molecule has 1 aromatic carbocycles. The molecule has 1 fully saturated rings. The average molecular weight is 385 g/mol. The molecule has 0 radical (unpaired) electrons. The summed E-state index contributed by atoms with van der Waals surface area (Å²) in [6.07, 6.45) is 1.09. The Kier molecular flexibility index (Phi) is 5.01. The number of amides is 1. The third-order valence-electron chi connectivity index (χ3n) is 4.58. The van der Waals surface area contributed by atoms with Crippen molar-refractivity contribution in [2.75, 3.05) is 29.9 Å². The maximum Gasteiger partial charge on any atom is 0.275 e. The summed E-state index contributed by atoms with van der Waals surface area (Å²) in [5.41, 5.74) is 8.13. The first-order valence-electron chi connectivity index (χ1n) is 8.59. The molecule has 5 nitrogen and oxygen atoms in total. The van der Waals surface area contributed by atoms with Crippen LogP contribution in [0, 0.1) is 5.92 Å². The second-order valence-electron chi connectivity index (χ2n) is 6.32. The van der Waals surface area contributed by atoms with E-state index in [4.69, 9.17) is 5.73 Å². The molecule has 1 aliphatic rings. The van der Waals surface area contributed by atoms with Crippen LogP contribution in [0.1, 0.15) is 16.9 Å². The summed E-state index contributed by atoms with van der Waals surface area (Å²) >= 11 is 3.12. The molecule has 1 atom stereocenters. The van der Waals surface area contributed by atoms with E-state index >= 15 is 0 Å². The van der Waals surface area contributed by atoms with Gasteiger partial charge < -0.3 is 16.0 Å². The highest BCUT2D eigenvalue weighted by molar-refractivity contribution is 7.20. The normalized spacial score (nSPS) is 16.8. The first-order chi connectivity index (χ1) is 12.7. The summed E-state index contributed by atoms with van der Waals surface area (Å²) in [5, 5.41) is 7.73. The zero-order chi connectivity index (χ0) is 17.9. The van der Waals surface area contributed by atoms with Crippen LogP contribution >= 0.6 is 22.7 Å². The Balaban J connectivity index is 1.52. The minimum Gasteiger partial charge on any atom is -0.370 e. The third-order valence-corrected chi connectivity index (χ3v) is 6.46. The zero-order valence-corrected chi connectivity index (χ0v) is 15.9. The molecule has 1 unspecified atom stereocenters. The van der Waals surface area contributed by atoms with Crippen molar-refractivity contribution in [3.63, 3.8) is 0 Å². The van der Waals surface area contributed by atoms with Crippen LogP contribution in [-0.4, -0.2) is 30.5 Å². The SMILES string of the molecule is NCC1CCN(c2ccccc2NC(=O)c2csc(-c3cccs3)n2)C1. The van der Waals surface area contributed by atoms with Crippen LogP contribution in [0.25, 0.3) is 9.88 Å². The van der Waals surface area contributed by atoms with Gasteiger partial charge in [0.15, 0.2) is 0 Å². The maximum atomic E-state index is 12.7. The van der Waals surface area contributed by atoms with Crippen LogP contribution in [0.2, 0.25) is 0 Å². The Hall–Kier alpha value is -2.22. The molecular weight excluding hydrogens is 364 g/mol. The number of nitrogens with zero attached hydrogens (tertiary/aromatic N) is 2. The highest BCUT2D eigenvalue weighted by atomic mass is 32.1. The topological polar surface area (TPSA) is 71.2 Å². The summed E-state index contributed by atoms with van der Waals surface area (Å²) in [5.74, 6) is 0.344. The van der Waals surface area contributed by atoms with Crippen molar-refractivity contribution in [3.05, 3.63) is 52.9 Å². The van der Waals surface area contributed by atoms with Gasteiger partial charge in [-0.3, -0.25) is 4.79 Å². The molecule has 134 valence electrons. The van der Waals surface area contributed by atoms with Crippen molar-refractivity contribution in [1.82, 2.24) is 4.98 Å². The summed E-state index contributed by atoms with van der Waals surface area (Å²) in [4.78, 5) is 20.6. The lowest BCUT2D eigenvalue weighted by molar-refractivity contribution is 0.102. The van der Waals surface area contributed by atoms with Crippen LogP contribution in [0.15, 0.2) is 47.2 Å². The van der Waals surface area contributed by atoms with Gasteiger partial charge in [-0.1, -0.05) is 18.2 Å². The quantitative estimate of drug-likeness (QED) is 0.700. The second kappa shape index (κ2) is 7.57. The van der Waals surface area contributed by atoms with Crippen LogP contribution in [0.5, 0.6) is 0 Å². The third kappa shape index (κ3) is 3.51. The van der Waals surface area contributed by atoms with Crippen molar-refractivity contribution >= 4 is 40.0 Å². The first-order valence-corrected chi connectivity index (χ1v) is 10.4. The number of benzene rings is 1. The summed E-state index contributed by atoms with van der Waals surface area (Å²) < 4.78 is 0. The van der Waals surface area contributed by atoms with Crippen molar-refractivity contribution in [3.8, 4) is 9.88 Å². The number of hydrogen-bond donors (Lipinski definition) is 2. The maximum absolute atomic E-state index is 12.7. The van der Waals surface area contributed by atoms with Crippen molar-refractivity contribution < 1.29 is 4.79 Å². The lowest BCUT2D eigenvalue weighted by Crippen LogP contribution is -2.24. The number of anilines is 2. The molecule has 0 aliphatic carbocycles. The van der Waals surface area contributed by atoms with Gasteiger partial charge in [-0.25, -0.2) is 4.98 Å². The smallest absolute Gasteiger partial charge is 0.275 e. The molecule has 3 aromatic rings. The molecular formula is C19H20N4OS2. The molecule has 3 N–H and O–H groups in total. The van der Waals surface area contributed by atoms with Crippen LogP contribution in [-0.2, 0) is 0 Å². The van der Waals surface area contributed by atoms with E-state index in [1.54, 1.807) is 11.3 Å². The van der Waals surface area contributed by atoms with E-state index < -0.39 is 0 Å². The molecule has 4 rings (SSSR count). The number of carbonyl (C=O) groups is 1. The van der Waals surface area contributed by atoms with Gasteiger partial charge in [-0.2, -0.15) is 0 Å². The Morgan fingerprint density at radius 3 is 2.92 bits per heavy atom. The Morgan fingerprint density at radius 2 is 2.15 bits per heavy atom. The number of thiazole rings is 1. The van der Waals surface area contributed by atoms with Crippen LogP contribution < -0.4 is 16.0 Å². The van der Waals surface area contributed by atoms with Crippen LogP contribution in [0.3, 0.4) is 0 Å². The van der Waals surface area contributed by atoms with Gasteiger partial charge >= 0.3 is 0 Å².